The molecule has 1 aromatic rings. The molecule has 0 aliphatic rings. The molecule has 0 unspecified atom stereocenters. The van der Waals surface area contributed by atoms with Crippen molar-refractivity contribution in [3.63, 3.8) is 0 Å². The van der Waals surface area contributed by atoms with E-state index in [9.17, 15) is 0 Å². The highest BCUT2D eigenvalue weighted by Crippen LogP contribution is 2.19. The number of nitrogens with two attached hydrogens (primary N) is 1. The molecule has 0 bridgehead atoms. The van der Waals surface area contributed by atoms with Crippen LogP contribution >= 0.6 is 28.1 Å². The zero-order valence-electron chi connectivity index (χ0n) is 6.80. The lowest BCUT2D eigenvalue weighted by Crippen LogP contribution is -2.11. The van der Waals surface area contributed by atoms with Crippen LogP contribution in [0.5, 0.6) is 0 Å². The summed E-state index contributed by atoms with van der Waals surface area (Å²) >= 11 is 8.29. The molecule has 0 heterocycles. The van der Waals surface area contributed by atoms with Crippen LogP contribution in [0.2, 0.25) is 0 Å². The first kappa shape index (κ1) is 9.68. The Kier molecular flexibility index (Phi) is 3.23. The van der Waals surface area contributed by atoms with Crippen molar-refractivity contribution >= 4 is 33.1 Å². The molecule has 2 N–H and O–H groups in total. The first-order chi connectivity index (χ1) is 5.61. The predicted octanol–water partition coefficient (Wildman–Crippen LogP) is 2.59. The summed E-state index contributed by atoms with van der Waals surface area (Å²) in [6.45, 7) is 2.05. The van der Waals surface area contributed by atoms with Crippen molar-refractivity contribution in [1.29, 1.82) is 0 Å². The molecule has 1 rings (SSSR count). The van der Waals surface area contributed by atoms with E-state index in [1.54, 1.807) is 0 Å². The van der Waals surface area contributed by atoms with Crippen LogP contribution in [0.15, 0.2) is 22.7 Å². The van der Waals surface area contributed by atoms with Gasteiger partial charge in [0, 0.05) is 10.9 Å². The van der Waals surface area contributed by atoms with E-state index in [1.807, 2.05) is 18.2 Å². The zero-order chi connectivity index (χ0) is 9.14. The SMILES string of the molecule is Cc1c(Br)cccc1CC(N)=S. The minimum absolute atomic E-state index is 0.538. The molecule has 0 radical (unpaired) electrons. The normalized spacial score (nSPS) is 9.83. The van der Waals surface area contributed by atoms with Gasteiger partial charge in [-0.1, -0.05) is 40.3 Å². The third kappa shape index (κ3) is 2.29. The number of hydrogen-bond donors (Lipinski definition) is 1. The maximum Gasteiger partial charge on any atom is 0.0771 e. The van der Waals surface area contributed by atoms with Crippen molar-refractivity contribution in [1.82, 2.24) is 0 Å². The molecule has 0 atom stereocenters. The van der Waals surface area contributed by atoms with Gasteiger partial charge >= 0.3 is 0 Å². The molecule has 0 aliphatic heterocycles. The fourth-order valence-corrected chi connectivity index (χ4v) is 1.59. The third-order valence-corrected chi connectivity index (χ3v) is 2.75. The minimum atomic E-state index is 0.538. The number of rotatable bonds is 2. The molecular weight excluding hydrogens is 234 g/mol. The minimum Gasteiger partial charge on any atom is -0.393 e. The van der Waals surface area contributed by atoms with E-state index < -0.39 is 0 Å². The van der Waals surface area contributed by atoms with Crippen LogP contribution in [0.1, 0.15) is 11.1 Å². The van der Waals surface area contributed by atoms with Crippen molar-refractivity contribution in [3.8, 4) is 0 Å². The largest absolute Gasteiger partial charge is 0.393 e. The summed E-state index contributed by atoms with van der Waals surface area (Å²) in [4.78, 5) is 0.538. The Hall–Kier alpha value is -0.410. The lowest BCUT2D eigenvalue weighted by Gasteiger charge is -2.05. The highest BCUT2D eigenvalue weighted by atomic mass is 79.9. The van der Waals surface area contributed by atoms with Crippen LogP contribution in [-0.4, -0.2) is 4.99 Å². The summed E-state index contributed by atoms with van der Waals surface area (Å²) in [5.74, 6) is 0. The molecule has 0 saturated carbocycles. The highest BCUT2D eigenvalue weighted by molar-refractivity contribution is 9.10. The van der Waals surface area contributed by atoms with Crippen LogP contribution in [0.4, 0.5) is 0 Å². The van der Waals surface area contributed by atoms with Gasteiger partial charge in [0.25, 0.3) is 0 Å². The second kappa shape index (κ2) is 4.01. The van der Waals surface area contributed by atoms with Crippen LogP contribution in [0.25, 0.3) is 0 Å². The van der Waals surface area contributed by atoms with Crippen molar-refractivity contribution in [2.24, 2.45) is 5.73 Å². The van der Waals surface area contributed by atoms with Crippen molar-refractivity contribution in [2.75, 3.05) is 0 Å². The van der Waals surface area contributed by atoms with Crippen LogP contribution in [0.3, 0.4) is 0 Å². The van der Waals surface area contributed by atoms with Gasteiger partial charge in [0.2, 0.25) is 0 Å². The summed E-state index contributed by atoms with van der Waals surface area (Å²) in [5.41, 5.74) is 7.86. The third-order valence-electron chi connectivity index (χ3n) is 1.74. The average molecular weight is 244 g/mol. The Morgan fingerprint density at radius 3 is 2.83 bits per heavy atom. The maximum absolute atomic E-state index is 5.46. The fourth-order valence-electron chi connectivity index (χ4n) is 1.03. The van der Waals surface area contributed by atoms with Crippen molar-refractivity contribution < 1.29 is 0 Å². The molecule has 0 aromatic heterocycles. The molecule has 0 saturated heterocycles. The number of benzene rings is 1. The van der Waals surface area contributed by atoms with E-state index in [0.717, 1.165) is 4.47 Å². The molecule has 12 heavy (non-hydrogen) atoms. The number of halogens is 1. The zero-order valence-corrected chi connectivity index (χ0v) is 9.21. The van der Waals surface area contributed by atoms with Crippen LogP contribution in [-0.2, 0) is 6.42 Å². The predicted molar refractivity (Wildman–Crippen MR) is 59.4 cm³/mol. The van der Waals surface area contributed by atoms with E-state index >= 15 is 0 Å². The van der Waals surface area contributed by atoms with E-state index in [2.05, 4.69) is 22.9 Å². The maximum atomic E-state index is 5.46. The summed E-state index contributed by atoms with van der Waals surface area (Å²) < 4.78 is 1.11. The molecule has 0 spiro atoms. The Balaban J connectivity index is 3.00. The molecule has 1 aromatic carbocycles. The Labute approximate surface area is 86.1 Å². The quantitative estimate of drug-likeness (QED) is 0.809. The average Bonchev–Trinajstić information content (AvgIpc) is 1.98. The van der Waals surface area contributed by atoms with Crippen LogP contribution in [0, 0.1) is 6.92 Å². The molecule has 64 valence electrons. The molecule has 0 aliphatic carbocycles. The first-order valence-electron chi connectivity index (χ1n) is 3.63. The highest BCUT2D eigenvalue weighted by Gasteiger charge is 2.01. The smallest absolute Gasteiger partial charge is 0.0771 e. The van der Waals surface area contributed by atoms with Crippen molar-refractivity contribution in [3.05, 3.63) is 33.8 Å². The Morgan fingerprint density at radius 1 is 1.58 bits per heavy atom. The van der Waals surface area contributed by atoms with Gasteiger partial charge in [0.1, 0.15) is 0 Å². The number of hydrogen-bond acceptors (Lipinski definition) is 1. The second-order valence-electron chi connectivity index (χ2n) is 2.67. The van der Waals surface area contributed by atoms with Gasteiger partial charge in [-0.2, -0.15) is 0 Å². The van der Waals surface area contributed by atoms with E-state index in [-0.39, 0.29) is 0 Å². The van der Waals surface area contributed by atoms with Gasteiger partial charge in [-0.05, 0) is 24.1 Å². The van der Waals surface area contributed by atoms with Gasteiger partial charge in [0.05, 0.1) is 4.99 Å². The van der Waals surface area contributed by atoms with Gasteiger partial charge in [0.15, 0.2) is 0 Å². The number of thiocarbonyl (C=S) groups is 1. The monoisotopic (exact) mass is 243 g/mol. The van der Waals surface area contributed by atoms with Crippen molar-refractivity contribution in [2.45, 2.75) is 13.3 Å². The summed E-state index contributed by atoms with van der Waals surface area (Å²) in [7, 11) is 0. The van der Waals surface area contributed by atoms with Gasteiger partial charge in [-0.3, -0.25) is 0 Å². The molecular formula is C9H10BrNS. The lowest BCUT2D eigenvalue weighted by molar-refractivity contribution is 1.24. The molecule has 1 nitrogen and oxygen atoms in total. The van der Waals surface area contributed by atoms with E-state index in [4.69, 9.17) is 18.0 Å². The molecule has 0 fully saturated rings. The van der Waals surface area contributed by atoms with Gasteiger partial charge < -0.3 is 5.73 Å². The van der Waals surface area contributed by atoms with E-state index in [0.29, 0.717) is 11.4 Å². The molecule has 3 heteroatoms. The summed E-state index contributed by atoms with van der Waals surface area (Å²) in [6.07, 6.45) is 0.681. The second-order valence-corrected chi connectivity index (χ2v) is 4.05. The topological polar surface area (TPSA) is 26.0 Å². The van der Waals surface area contributed by atoms with E-state index in [1.165, 1.54) is 11.1 Å². The Morgan fingerprint density at radius 2 is 2.25 bits per heavy atom. The van der Waals surface area contributed by atoms with Crippen LogP contribution < -0.4 is 5.73 Å². The summed E-state index contributed by atoms with van der Waals surface area (Å²) in [5, 5.41) is 0. The Bertz CT molecular complexity index is 309. The first-order valence-corrected chi connectivity index (χ1v) is 4.83. The fraction of sp³-hybridized carbons (Fsp3) is 0.222. The van der Waals surface area contributed by atoms with Gasteiger partial charge in [-0.25, -0.2) is 0 Å². The van der Waals surface area contributed by atoms with Gasteiger partial charge in [-0.15, -0.1) is 0 Å². The molecule has 0 amide bonds. The lowest BCUT2D eigenvalue weighted by atomic mass is 10.1. The standard InChI is InChI=1S/C9H10BrNS/c1-6-7(5-9(11)12)3-2-4-8(6)10/h2-4H,5H2,1H3,(H2,11,12). The summed E-state index contributed by atoms with van der Waals surface area (Å²) in [6, 6.07) is 6.04.